The van der Waals surface area contributed by atoms with Crippen LogP contribution in [-0.4, -0.2) is 53.0 Å². The number of piperidine rings is 1. The Hall–Kier alpha value is -2.55. The third-order valence-electron chi connectivity index (χ3n) is 6.90. The van der Waals surface area contributed by atoms with Crippen molar-refractivity contribution in [3.63, 3.8) is 0 Å². The summed E-state index contributed by atoms with van der Waals surface area (Å²) in [7, 11) is 1.55. The summed E-state index contributed by atoms with van der Waals surface area (Å²) in [5.74, 6) is -1.05. The number of halogens is 2. The number of aromatic nitrogens is 1. The van der Waals surface area contributed by atoms with E-state index in [4.69, 9.17) is 16.3 Å². The lowest BCUT2D eigenvalue weighted by molar-refractivity contribution is -0.146. The lowest BCUT2D eigenvalue weighted by atomic mass is 9.81. The van der Waals surface area contributed by atoms with Gasteiger partial charge in [0.15, 0.2) is 10.9 Å². The minimum absolute atomic E-state index is 0.106. The predicted molar refractivity (Wildman–Crippen MR) is 135 cm³/mol. The number of fused-ring (bicyclic) bond motifs is 1. The van der Waals surface area contributed by atoms with E-state index in [2.05, 4.69) is 9.88 Å². The van der Waals surface area contributed by atoms with Gasteiger partial charge in [-0.25, -0.2) is 0 Å². The monoisotopic (exact) mass is 518 g/mol. The van der Waals surface area contributed by atoms with Crippen LogP contribution in [0.25, 0.3) is 10.9 Å². The number of ketones is 1. The standard InChI is InChI=1S/C26H28ClFN2O4S/c1-15(11-18-5-8-24(28)35-18)30-10-9-16(20(14-30)26(32)33)3-7-23(31)25-19-12-17(34-2)4-6-22(19)29-13-21(25)27/h4-6,8,12-13,15-16,20H,3,7,9-11,14H2,1-2H3,(H,32,33). The molecule has 3 atom stereocenters. The van der Waals surface area contributed by atoms with Gasteiger partial charge in [0.1, 0.15) is 5.75 Å². The van der Waals surface area contributed by atoms with E-state index in [1.807, 2.05) is 6.92 Å². The molecule has 0 aliphatic carbocycles. The van der Waals surface area contributed by atoms with Gasteiger partial charge >= 0.3 is 5.97 Å². The summed E-state index contributed by atoms with van der Waals surface area (Å²) >= 11 is 7.50. The lowest BCUT2D eigenvalue weighted by Gasteiger charge is -2.39. The van der Waals surface area contributed by atoms with Crippen LogP contribution in [0.3, 0.4) is 0 Å². The van der Waals surface area contributed by atoms with Crippen molar-refractivity contribution >= 4 is 45.6 Å². The van der Waals surface area contributed by atoms with Crippen molar-refractivity contribution in [2.75, 3.05) is 20.2 Å². The number of hydrogen-bond acceptors (Lipinski definition) is 6. The normalized spacial score (nSPS) is 19.5. The van der Waals surface area contributed by atoms with Crippen molar-refractivity contribution in [1.29, 1.82) is 0 Å². The molecular formula is C26H28ClFN2O4S. The Morgan fingerprint density at radius 2 is 2.14 bits per heavy atom. The molecule has 0 amide bonds. The van der Waals surface area contributed by atoms with E-state index in [0.29, 0.717) is 48.0 Å². The van der Waals surface area contributed by atoms with Crippen LogP contribution in [0.1, 0.15) is 41.4 Å². The molecule has 3 heterocycles. The third-order valence-corrected chi connectivity index (χ3v) is 8.09. The maximum Gasteiger partial charge on any atom is 0.308 e. The van der Waals surface area contributed by atoms with Crippen molar-refractivity contribution in [2.24, 2.45) is 11.8 Å². The van der Waals surface area contributed by atoms with E-state index in [1.165, 1.54) is 12.3 Å². The first-order chi connectivity index (χ1) is 16.8. The minimum Gasteiger partial charge on any atom is -0.497 e. The molecule has 9 heteroatoms. The number of carbonyl (C=O) groups excluding carboxylic acids is 1. The summed E-state index contributed by atoms with van der Waals surface area (Å²) in [4.78, 5) is 32.8. The highest BCUT2D eigenvalue weighted by atomic mass is 35.5. The minimum atomic E-state index is -0.848. The van der Waals surface area contributed by atoms with Gasteiger partial charge in [0.05, 0.1) is 23.6 Å². The number of carboxylic acid groups (broad SMARTS) is 1. The first-order valence-corrected chi connectivity index (χ1v) is 12.8. The fourth-order valence-corrected chi connectivity index (χ4v) is 6.04. The highest BCUT2D eigenvalue weighted by molar-refractivity contribution is 7.10. The SMILES string of the molecule is COc1ccc2ncc(Cl)c(C(=O)CCC3CCN(C(C)Cc4ccc(F)s4)CC3C(=O)O)c2c1. The smallest absolute Gasteiger partial charge is 0.308 e. The Labute approximate surface area is 212 Å². The van der Waals surface area contributed by atoms with Crippen LogP contribution < -0.4 is 4.74 Å². The molecule has 3 unspecified atom stereocenters. The molecule has 1 aromatic carbocycles. The molecule has 2 aromatic heterocycles. The molecule has 1 saturated heterocycles. The summed E-state index contributed by atoms with van der Waals surface area (Å²) < 4.78 is 18.6. The van der Waals surface area contributed by atoms with Crippen LogP contribution in [0.15, 0.2) is 36.5 Å². The number of likely N-dealkylation sites (tertiary alicyclic amines) is 1. The van der Waals surface area contributed by atoms with Crippen LogP contribution in [0.5, 0.6) is 5.75 Å². The molecule has 186 valence electrons. The van der Waals surface area contributed by atoms with Crippen LogP contribution in [0.4, 0.5) is 4.39 Å². The first kappa shape index (κ1) is 25.5. The van der Waals surface area contributed by atoms with Crippen LogP contribution in [0.2, 0.25) is 5.02 Å². The Bertz CT molecular complexity index is 1230. The number of rotatable bonds is 9. The Balaban J connectivity index is 1.43. The topological polar surface area (TPSA) is 79.7 Å². The Kier molecular flexibility index (Phi) is 8.04. The quantitative estimate of drug-likeness (QED) is 0.365. The number of nitrogens with zero attached hydrogens (tertiary/aromatic N) is 2. The van der Waals surface area contributed by atoms with Gasteiger partial charge in [-0.2, -0.15) is 4.39 Å². The van der Waals surface area contributed by atoms with Gasteiger partial charge in [-0.1, -0.05) is 11.6 Å². The zero-order valence-electron chi connectivity index (χ0n) is 19.7. The second-order valence-electron chi connectivity index (χ2n) is 9.07. The molecule has 1 aliphatic rings. The summed E-state index contributed by atoms with van der Waals surface area (Å²) in [6.45, 7) is 3.21. The fourth-order valence-electron chi connectivity index (χ4n) is 4.93. The van der Waals surface area contributed by atoms with E-state index in [1.54, 1.807) is 31.4 Å². The molecule has 0 saturated carbocycles. The number of hydrogen-bond donors (Lipinski definition) is 1. The number of carboxylic acids is 1. The number of thiophene rings is 1. The van der Waals surface area contributed by atoms with Crippen molar-refractivity contribution in [3.8, 4) is 5.75 Å². The maximum atomic E-state index is 13.3. The summed E-state index contributed by atoms with van der Waals surface area (Å²) in [5.41, 5.74) is 1.05. The second-order valence-corrected chi connectivity index (χ2v) is 10.6. The maximum absolute atomic E-state index is 13.3. The van der Waals surface area contributed by atoms with Crippen molar-refractivity contribution in [2.45, 2.75) is 38.6 Å². The number of Topliss-reactive ketones (excluding diaryl/α,β-unsaturated/α-hetero) is 1. The molecule has 6 nitrogen and oxygen atoms in total. The molecule has 1 fully saturated rings. The number of pyridine rings is 1. The van der Waals surface area contributed by atoms with Gasteiger partial charge in [-0.3, -0.25) is 19.5 Å². The Morgan fingerprint density at radius 3 is 2.83 bits per heavy atom. The Morgan fingerprint density at radius 1 is 1.34 bits per heavy atom. The predicted octanol–water partition coefficient (Wildman–Crippen LogP) is 5.71. The van der Waals surface area contributed by atoms with Gasteiger partial charge in [0, 0.05) is 41.0 Å². The van der Waals surface area contributed by atoms with Gasteiger partial charge in [-0.05, 0) is 69.0 Å². The number of ether oxygens (including phenoxy) is 1. The average Bonchev–Trinajstić information content (AvgIpc) is 3.26. The van der Waals surface area contributed by atoms with E-state index < -0.39 is 11.9 Å². The summed E-state index contributed by atoms with van der Waals surface area (Å²) in [5, 5.41) is 10.6. The number of carbonyl (C=O) groups is 2. The number of methoxy groups -OCH3 is 1. The summed E-state index contributed by atoms with van der Waals surface area (Å²) in [6.07, 6.45) is 3.52. The first-order valence-electron chi connectivity index (χ1n) is 11.6. The van der Waals surface area contributed by atoms with E-state index in [9.17, 15) is 19.1 Å². The van der Waals surface area contributed by atoms with Gasteiger partial charge in [0.25, 0.3) is 0 Å². The molecule has 4 rings (SSSR count). The van der Waals surface area contributed by atoms with Crippen LogP contribution in [-0.2, 0) is 11.2 Å². The van der Waals surface area contributed by atoms with Crippen molar-refractivity contribution in [1.82, 2.24) is 9.88 Å². The average molecular weight is 519 g/mol. The number of aliphatic carboxylic acids is 1. The summed E-state index contributed by atoms with van der Waals surface area (Å²) in [6, 6.07) is 8.66. The van der Waals surface area contributed by atoms with Gasteiger partial charge in [-0.15, -0.1) is 11.3 Å². The largest absolute Gasteiger partial charge is 0.497 e. The molecular weight excluding hydrogens is 491 g/mol. The van der Waals surface area contributed by atoms with Crippen molar-refractivity contribution in [3.05, 3.63) is 57.1 Å². The van der Waals surface area contributed by atoms with E-state index in [0.717, 1.165) is 22.8 Å². The zero-order valence-corrected chi connectivity index (χ0v) is 21.2. The van der Waals surface area contributed by atoms with Gasteiger partial charge in [0.2, 0.25) is 0 Å². The third kappa shape index (κ3) is 5.82. The molecule has 3 aromatic rings. The van der Waals surface area contributed by atoms with Crippen LogP contribution in [0, 0.1) is 17.0 Å². The second kappa shape index (κ2) is 11.0. The zero-order chi connectivity index (χ0) is 25.1. The molecule has 1 N–H and O–H groups in total. The molecule has 1 aliphatic heterocycles. The molecule has 0 spiro atoms. The van der Waals surface area contributed by atoms with Crippen molar-refractivity contribution < 1.29 is 23.8 Å². The highest BCUT2D eigenvalue weighted by Gasteiger charge is 2.36. The van der Waals surface area contributed by atoms with E-state index in [-0.39, 0.29) is 34.3 Å². The highest BCUT2D eigenvalue weighted by Crippen LogP contribution is 2.33. The van der Waals surface area contributed by atoms with Crippen LogP contribution >= 0.6 is 22.9 Å². The molecule has 0 bridgehead atoms. The van der Waals surface area contributed by atoms with E-state index >= 15 is 0 Å². The molecule has 0 radical (unpaired) electrons. The number of benzene rings is 1. The molecule has 35 heavy (non-hydrogen) atoms. The lowest BCUT2D eigenvalue weighted by Crippen LogP contribution is -2.48. The fraction of sp³-hybridized carbons (Fsp3) is 0.423. The van der Waals surface area contributed by atoms with Gasteiger partial charge < -0.3 is 9.84 Å².